The molecule has 1 aliphatic carbocycles. The Kier molecular flexibility index (Phi) is 5.53. The number of nitro benzene ring substituents is 1. The molecule has 3 rings (SSSR count). The quantitative estimate of drug-likeness (QED) is 0.472. The number of amides is 2. The molecular weight excluding hydrogens is 378 g/mol. The maximum Gasteiger partial charge on any atom is 0.282 e. The number of nitrogens with zero attached hydrogens (tertiary/aromatic N) is 1. The van der Waals surface area contributed by atoms with Gasteiger partial charge in [0.05, 0.1) is 9.80 Å². The highest BCUT2D eigenvalue weighted by atomic mass is 35.5. The standard InChI is InChI=1S/C17H16ClN3O4S/c18-11-6-7-13(21(24)25)12(9-11)16(22)19-20-17(23)15-8-10-4-2-1-3-5-14(10)26-15/h6-9H,1-5H2,(H,19,22)(H,20,23). The molecule has 2 aromatic rings. The van der Waals surface area contributed by atoms with Crippen LogP contribution in [0.3, 0.4) is 0 Å². The predicted molar refractivity (Wildman–Crippen MR) is 98.6 cm³/mol. The molecule has 0 radical (unpaired) electrons. The summed E-state index contributed by atoms with van der Waals surface area (Å²) in [6, 6.07) is 5.52. The summed E-state index contributed by atoms with van der Waals surface area (Å²) in [5, 5.41) is 11.2. The Hall–Kier alpha value is -2.45. The van der Waals surface area contributed by atoms with E-state index in [0.29, 0.717) is 4.88 Å². The number of fused-ring (bicyclic) bond motifs is 1. The molecule has 0 spiro atoms. The lowest BCUT2D eigenvalue weighted by atomic mass is 10.1. The minimum Gasteiger partial charge on any atom is -0.267 e. The van der Waals surface area contributed by atoms with E-state index in [2.05, 4.69) is 10.9 Å². The van der Waals surface area contributed by atoms with Gasteiger partial charge in [0.25, 0.3) is 17.5 Å². The fraction of sp³-hybridized carbons (Fsp3) is 0.294. The zero-order valence-corrected chi connectivity index (χ0v) is 15.3. The normalized spacial score (nSPS) is 13.4. The molecule has 0 bridgehead atoms. The van der Waals surface area contributed by atoms with E-state index in [-0.39, 0.29) is 16.3 Å². The number of halogens is 1. The number of hydrazine groups is 1. The third-order valence-corrected chi connectivity index (χ3v) is 5.63. The van der Waals surface area contributed by atoms with Crippen molar-refractivity contribution in [3.8, 4) is 0 Å². The summed E-state index contributed by atoms with van der Waals surface area (Å²) in [6.45, 7) is 0. The summed E-state index contributed by atoms with van der Waals surface area (Å²) in [7, 11) is 0. The van der Waals surface area contributed by atoms with E-state index in [4.69, 9.17) is 11.6 Å². The van der Waals surface area contributed by atoms with Gasteiger partial charge in [0.2, 0.25) is 0 Å². The fourth-order valence-corrected chi connectivity index (χ4v) is 4.19. The zero-order chi connectivity index (χ0) is 18.7. The topological polar surface area (TPSA) is 101 Å². The van der Waals surface area contributed by atoms with Crippen LogP contribution < -0.4 is 10.9 Å². The second-order valence-corrected chi connectivity index (χ2v) is 7.52. The van der Waals surface area contributed by atoms with Gasteiger partial charge in [-0.2, -0.15) is 0 Å². The number of nitro groups is 1. The maximum absolute atomic E-state index is 12.3. The van der Waals surface area contributed by atoms with Gasteiger partial charge in [0.15, 0.2) is 0 Å². The lowest BCUT2D eigenvalue weighted by molar-refractivity contribution is -0.385. The minimum atomic E-state index is -0.800. The lowest BCUT2D eigenvalue weighted by Crippen LogP contribution is -2.41. The molecule has 1 aromatic heterocycles. The zero-order valence-electron chi connectivity index (χ0n) is 13.7. The first-order valence-corrected chi connectivity index (χ1v) is 9.31. The van der Waals surface area contributed by atoms with Gasteiger partial charge in [-0.15, -0.1) is 11.3 Å². The van der Waals surface area contributed by atoms with Crippen LogP contribution in [0.15, 0.2) is 24.3 Å². The molecule has 0 saturated carbocycles. The fourth-order valence-electron chi connectivity index (χ4n) is 2.87. The molecule has 136 valence electrons. The van der Waals surface area contributed by atoms with Gasteiger partial charge in [-0.3, -0.25) is 30.6 Å². The molecule has 9 heteroatoms. The van der Waals surface area contributed by atoms with Gasteiger partial charge in [-0.1, -0.05) is 18.0 Å². The maximum atomic E-state index is 12.3. The molecule has 0 unspecified atom stereocenters. The monoisotopic (exact) mass is 393 g/mol. The second kappa shape index (κ2) is 7.84. The molecule has 7 nitrogen and oxygen atoms in total. The van der Waals surface area contributed by atoms with Crippen LogP contribution in [0.1, 0.15) is 49.7 Å². The van der Waals surface area contributed by atoms with E-state index < -0.39 is 16.7 Å². The van der Waals surface area contributed by atoms with Crippen molar-refractivity contribution in [1.29, 1.82) is 0 Å². The minimum absolute atomic E-state index is 0.189. The Balaban J connectivity index is 1.69. The molecule has 1 aliphatic rings. The largest absolute Gasteiger partial charge is 0.282 e. The molecule has 0 atom stereocenters. The Morgan fingerprint density at radius 2 is 1.81 bits per heavy atom. The highest BCUT2D eigenvalue weighted by Crippen LogP contribution is 2.29. The number of thiophene rings is 1. The van der Waals surface area contributed by atoms with E-state index in [0.717, 1.165) is 31.7 Å². The average molecular weight is 394 g/mol. The Morgan fingerprint density at radius 1 is 1.08 bits per heavy atom. The molecule has 0 aliphatic heterocycles. The van der Waals surface area contributed by atoms with Crippen LogP contribution in [0.4, 0.5) is 5.69 Å². The Bertz CT molecular complexity index is 857. The first kappa shape index (κ1) is 18.3. The van der Waals surface area contributed by atoms with Gasteiger partial charge in [-0.05, 0) is 49.4 Å². The van der Waals surface area contributed by atoms with Crippen molar-refractivity contribution >= 4 is 40.4 Å². The van der Waals surface area contributed by atoms with Gasteiger partial charge in [0, 0.05) is 16.0 Å². The summed E-state index contributed by atoms with van der Waals surface area (Å²) in [5.74, 6) is -1.24. The van der Waals surface area contributed by atoms with E-state index >= 15 is 0 Å². The molecule has 0 saturated heterocycles. The molecule has 2 N–H and O–H groups in total. The summed E-state index contributed by atoms with van der Waals surface area (Å²) >= 11 is 7.23. The highest BCUT2D eigenvalue weighted by Gasteiger charge is 2.22. The molecular formula is C17H16ClN3O4S. The molecule has 1 heterocycles. The smallest absolute Gasteiger partial charge is 0.267 e. The van der Waals surface area contributed by atoms with Gasteiger partial charge < -0.3 is 0 Å². The number of aryl methyl sites for hydroxylation is 2. The second-order valence-electron chi connectivity index (χ2n) is 5.95. The molecule has 1 aromatic carbocycles. The van der Waals surface area contributed by atoms with E-state index in [1.54, 1.807) is 0 Å². The van der Waals surface area contributed by atoms with Gasteiger partial charge >= 0.3 is 0 Å². The van der Waals surface area contributed by atoms with Crippen molar-refractivity contribution in [2.45, 2.75) is 32.1 Å². The van der Waals surface area contributed by atoms with Crippen LogP contribution in [-0.4, -0.2) is 16.7 Å². The van der Waals surface area contributed by atoms with Gasteiger partial charge in [-0.25, -0.2) is 0 Å². The average Bonchev–Trinajstić information content (AvgIpc) is 2.89. The van der Waals surface area contributed by atoms with Gasteiger partial charge in [0.1, 0.15) is 5.56 Å². The third-order valence-electron chi connectivity index (χ3n) is 4.16. The number of benzene rings is 1. The SMILES string of the molecule is O=C(NNC(=O)c1cc(Cl)ccc1[N+](=O)[O-])c1cc2c(s1)CCCCC2. The number of hydrogen-bond acceptors (Lipinski definition) is 5. The first-order chi connectivity index (χ1) is 12.5. The Labute approximate surface area is 158 Å². The molecule has 26 heavy (non-hydrogen) atoms. The van der Waals surface area contributed by atoms with Crippen LogP contribution in [0.25, 0.3) is 0 Å². The summed E-state index contributed by atoms with van der Waals surface area (Å²) in [5.41, 5.74) is 5.12. The summed E-state index contributed by atoms with van der Waals surface area (Å²) in [6.07, 6.45) is 5.34. The van der Waals surface area contributed by atoms with E-state index in [1.807, 2.05) is 6.07 Å². The predicted octanol–water partition coefficient (Wildman–Crippen LogP) is 3.65. The van der Waals surface area contributed by atoms with Crippen molar-refractivity contribution in [1.82, 2.24) is 10.9 Å². The number of carbonyl (C=O) groups excluding carboxylic acids is 2. The number of carbonyl (C=O) groups is 2. The molecule has 0 fully saturated rings. The van der Waals surface area contributed by atoms with Crippen LogP contribution >= 0.6 is 22.9 Å². The summed E-state index contributed by atoms with van der Waals surface area (Å²) in [4.78, 5) is 36.6. The number of rotatable bonds is 3. The van der Waals surface area contributed by atoms with Crippen molar-refractivity contribution < 1.29 is 14.5 Å². The van der Waals surface area contributed by atoms with Crippen LogP contribution in [0, 0.1) is 10.1 Å². The lowest BCUT2D eigenvalue weighted by Gasteiger charge is -2.07. The number of hydrogen-bond donors (Lipinski definition) is 2. The van der Waals surface area contributed by atoms with Crippen LogP contribution in [0.5, 0.6) is 0 Å². The third kappa shape index (κ3) is 4.03. The number of nitrogens with one attached hydrogen (secondary N) is 2. The van der Waals surface area contributed by atoms with Crippen molar-refractivity contribution in [2.75, 3.05) is 0 Å². The van der Waals surface area contributed by atoms with Crippen molar-refractivity contribution in [2.24, 2.45) is 0 Å². The van der Waals surface area contributed by atoms with E-state index in [1.165, 1.54) is 40.3 Å². The highest BCUT2D eigenvalue weighted by molar-refractivity contribution is 7.14. The molecule has 2 amide bonds. The van der Waals surface area contributed by atoms with Crippen LogP contribution in [-0.2, 0) is 12.8 Å². The first-order valence-electron chi connectivity index (χ1n) is 8.12. The van der Waals surface area contributed by atoms with Crippen molar-refractivity contribution in [3.63, 3.8) is 0 Å². The van der Waals surface area contributed by atoms with Crippen molar-refractivity contribution in [3.05, 3.63) is 60.3 Å². The Morgan fingerprint density at radius 3 is 2.58 bits per heavy atom. The summed E-state index contributed by atoms with van der Waals surface area (Å²) < 4.78 is 0. The van der Waals surface area contributed by atoms with E-state index in [9.17, 15) is 19.7 Å². The van der Waals surface area contributed by atoms with Crippen LogP contribution in [0.2, 0.25) is 5.02 Å².